The van der Waals surface area contributed by atoms with E-state index in [-0.39, 0.29) is 5.91 Å². The molecule has 0 aliphatic carbocycles. The number of amides is 1. The maximum atomic E-state index is 11.9. The number of nitrogens with one attached hydrogen (secondary N) is 1. The van der Waals surface area contributed by atoms with Gasteiger partial charge in [-0.2, -0.15) is 0 Å². The Morgan fingerprint density at radius 2 is 1.90 bits per heavy atom. The number of carboxylic acids is 1. The third-order valence-electron chi connectivity index (χ3n) is 3.51. The maximum absolute atomic E-state index is 11.9. The van der Waals surface area contributed by atoms with Gasteiger partial charge in [0.05, 0.1) is 11.8 Å². The van der Waals surface area contributed by atoms with Crippen LogP contribution in [-0.4, -0.2) is 23.5 Å². The Bertz CT molecular complexity index is 506. The Morgan fingerprint density at radius 3 is 2.50 bits per heavy atom. The fourth-order valence-electron chi connectivity index (χ4n) is 1.85. The van der Waals surface area contributed by atoms with Crippen LogP contribution in [0.1, 0.15) is 37.0 Å². The summed E-state index contributed by atoms with van der Waals surface area (Å²) in [6.45, 7) is 7.67. The van der Waals surface area contributed by atoms with Gasteiger partial charge in [0.15, 0.2) is 0 Å². The van der Waals surface area contributed by atoms with E-state index in [1.165, 1.54) is 0 Å². The number of aryl methyl sites for hydroxylation is 2. The minimum Gasteiger partial charge on any atom is -0.481 e. The van der Waals surface area contributed by atoms with Crippen molar-refractivity contribution in [2.45, 2.75) is 40.5 Å². The Kier molecular flexibility index (Phi) is 5.31. The highest BCUT2D eigenvalue weighted by Gasteiger charge is 2.26. The van der Waals surface area contributed by atoms with Gasteiger partial charge in [-0.1, -0.05) is 23.8 Å². The number of hydrogen-bond donors (Lipinski definition) is 2. The third kappa shape index (κ3) is 4.68. The molecule has 20 heavy (non-hydrogen) atoms. The molecule has 0 saturated carbocycles. The molecule has 0 unspecified atom stereocenters. The summed E-state index contributed by atoms with van der Waals surface area (Å²) in [5.74, 6) is -0.916. The Labute approximate surface area is 120 Å². The van der Waals surface area contributed by atoms with E-state index in [4.69, 9.17) is 5.11 Å². The van der Waals surface area contributed by atoms with Crippen LogP contribution in [0.15, 0.2) is 18.2 Å². The molecule has 0 heterocycles. The molecule has 4 nitrogen and oxygen atoms in total. The lowest BCUT2D eigenvalue weighted by molar-refractivity contribution is -0.147. The highest BCUT2D eigenvalue weighted by atomic mass is 16.4. The molecule has 4 heteroatoms. The Morgan fingerprint density at radius 1 is 1.25 bits per heavy atom. The van der Waals surface area contributed by atoms with E-state index in [0.717, 1.165) is 16.7 Å². The molecule has 0 fully saturated rings. The van der Waals surface area contributed by atoms with Gasteiger partial charge >= 0.3 is 5.97 Å². The van der Waals surface area contributed by atoms with Gasteiger partial charge in [-0.05, 0) is 45.2 Å². The number of hydrogen-bond acceptors (Lipinski definition) is 2. The number of carbonyl (C=O) groups excluding carboxylic acids is 1. The first-order valence-corrected chi connectivity index (χ1v) is 6.78. The Hall–Kier alpha value is -1.84. The summed E-state index contributed by atoms with van der Waals surface area (Å²) in [5, 5.41) is 11.8. The lowest BCUT2D eigenvalue weighted by Crippen LogP contribution is -2.32. The van der Waals surface area contributed by atoms with Gasteiger partial charge in [-0.25, -0.2) is 0 Å². The fourth-order valence-corrected chi connectivity index (χ4v) is 1.85. The third-order valence-corrected chi connectivity index (χ3v) is 3.51. The molecule has 1 aromatic rings. The summed E-state index contributed by atoms with van der Waals surface area (Å²) in [7, 11) is 0. The van der Waals surface area contributed by atoms with Crippen molar-refractivity contribution in [2.24, 2.45) is 5.41 Å². The first-order chi connectivity index (χ1) is 9.22. The zero-order valence-corrected chi connectivity index (χ0v) is 12.6. The summed E-state index contributed by atoms with van der Waals surface area (Å²) >= 11 is 0. The maximum Gasteiger partial charge on any atom is 0.309 e. The first kappa shape index (κ1) is 16.2. The van der Waals surface area contributed by atoms with Crippen molar-refractivity contribution < 1.29 is 14.7 Å². The highest BCUT2D eigenvalue weighted by Crippen LogP contribution is 2.19. The minimum absolute atomic E-state index is 0.0695. The van der Waals surface area contributed by atoms with Crippen LogP contribution in [0.4, 0.5) is 0 Å². The molecule has 1 aromatic carbocycles. The average molecular weight is 277 g/mol. The minimum atomic E-state index is -0.846. The molecule has 0 bridgehead atoms. The second kappa shape index (κ2) is 6.55. The lowest BCUT2D eigenvalue weighted by atomic mass is 9.89. The first-order valence-electron chi connectivity index (χ1n) is 6.78. The number of carboxylic acid groups (broad SMARTS) is 1. The average Bonchev–Trinajstić information content (AvgIpc) is 2.33. The summed E-state index contributed by atoms with van der Waals surface area (Å²) in [6.07, 6.45) is 0.752. The van der Waals surface area contributed by atoms with Crippen molar-refractivity contribution >= 4 is 11.9 Å². The van der Waals surface area contributed by atoms with E-state index in [2.05, 4.69) is 5.32 Å². The van der Waals surface area contributed by atoms with Gasteiger partial charge in [0.25, 0.3) is 0 Å². The molecule has 110 valence electrons. The topological polar surface area (TPSA) is 66.4 Å². The molecular weight excluding hydrogens is 254 g/mol. The van der Waals surface area contributed by atoms with Crippen LogP contribution < -0.4 is 5.32 Å². The number of benzene rings is 1. The molecule has 0 atom stereocenters. The Balaban J connectivity index is 2.49. The van der Waals surface area contributed by atoms with Crippen LogP contribution in [-0.2, 0) is 16.0 Å². The zero-order chi connectivity index (χ0) is 15.3. The monoisotopic (exact) mass is 277 g/mol. The molecule has 0 aromatic heterocycles. The van der Waals surface area contributed by atoms with Crippen molar-refractivity contribution in [1.29, 1.82) is 0 Å². The molecule has 1 amide bonds. The smallest absolute Gasteiger partial charge is 0.309 e. The van der Waals surface area contributed by atoms with Gasteiger partial charge in [-0.3, -0.25) is 9.59 Å². The van der Waals surface area contributed by atoms with Crippen LogP contribution in [0.25, 0.3) is 0 Å². The van der Waals surface area contributed by atoms with Gasteiger partial charge < -0.3 is 10.4 Å². The van der Waals surface area contributed by atoms with E-state index in [1.807, 2.05) is 32.0 Å². The van der Waals surface area contributed by atoms with Crippen LogP contribution >= 0.6 is 0 Å². The van der Waals surface area contributed by atoms with E-state index < -0.39 is 11.4 Å². The van der Waals surface area contributed by atoms with E-state index in [1.54, 1.807) is 13.8 Å². The van der Waals surface area contributed by atoms with Crippen molar-refractivity contribution in [3.8, 4) is 0 Å². The van der Waals surface area contributed by atoms with E-state index in [9.17, 15) is 9.59 Å². The number of carbonyl (C=O) groups is 2. The summed E-state index contributed by atoms with van der Waals surface area (Å²) in [5.41, 5.74) is 2.43. The van der Waals surface area contributed by atoms with Gasteiger partial charge in [0.1, 0.15) is 0 Å². The molecule has 0 aliphatic rings. The molecule has 0 saturated heterocycles. The summed E-state index contributed by atoms with van der Waals surface area (Å²) < 4.78 is 0. The SMILES string of the molecule is Cc1ccc(C)c(CC(=O)NCCC(C)(C)C(=O)O)c1. The molecular formula is C16H23NO3. The van der Waals surface area contributed by atoms with Crippen LogP contribution in [0.5, 0.6) is 0 Å². The lowest BCUT2D eigenvalue weighted by Gasteiger charge is -2.19. The quantitative estimate of drug-likeness (QED) is 0.839. The number of rotatable bonds is 6. The second-order valence-corrected chi connectivity index (χ2v) is 5.90. The van der Waals surface area contributed by atoms with Crippen molar-refractivity contribution in [3.63, 3.8) is 0 Å². The van der Waals surface area contributed by atoms with Gasteiger partial charge in [0.2, 0.25) is 5.91 Å². The van der Waals surface area contributed by atoms with Crippen molar-refractivity contribution in [3.05, 3.63) is 34.9 Å². The van der Waals surface area contributed by atoms with Gasteiger partial charge in [0, 0.05) is 6.54 Å². The van der Waals surface area contributed by atoms with Crippen LogP contribution in [0, 0.1) is 19.3 Å². The second-order valence-electron chi connectivity index (χ2n) is 5.90. The summed E-state index contributed by atoms with van der Waals surface area (Å²) in [6, 6.07) is 6.04. The molecule has 2 N–H and O–H groups in total. The highest BCUT2D eigenvalue weighted by molar-refractivity contribution is 5.79. The van der Waals surface area contributed by atoms with Crippen LogP contribution in [0.2, 0.25) is 0 Å². The van der Waals surface area contributed by atoms with Crippen LogP contribution in [0.3, 0.4) is 0 Å². The number of aliphatic carboxylic acids is 1. The molecule has 0 radical (unpaired) electrons. The zero-order valence-electron chi connectivity index (χ0n) is 12.6. The normalized spacial score (nSPS) is 11.2. The fraction of sp³-hybridized carbons (Fsp3) is 0.500. The standard InChI is InChI=1S/C16H23NO3/c1-11-5-6-12(2)13(9-11)10-14(18)17-8-7-16(3,4)15(19)20/h5-6,9H,7-8,10H2,1-4H3,(H,17,18)(H,19,20). The van der Waals surface area contributed by atoms with Gasteiger partial charge in [-0.15, -0.1) is 0 Å². The largest absolute Gasteiger partial charge is 0.481 e. The van der Waals surface area contributed by atoms with E-state index >= 15 is 0 Å². The predicted octanol–water partition coefficient (Wildman–Crippen LogP) is 2.46. The van der Waals surface area contributed by atoms with E-state index in [0.29, 0.717) is 19.4 Å². The summed E-state index contributed by atoms with van der Waals surface area (Å²) in [4.78, 5) is 22.8. The molecule has 0 spiro atoms. The molecule has 1 rings (SSSR count). The van der Waals surface area contributed by atoms with Crippen molar-refractivity contribution in [1.82, 2.24) is 5.32 Å². The van der Waals surface area contributed by atoms with Crippen molar-refractivity contribution in [2.75, 3.05) is 6.54 Å². The molecule has 0 aliphatic heterocycles. The predicted molar refractivity (Wildman–Crippen MR) is 78.7 cm³/mol.